The molecule has 0 bridgehead atoms. The van der Waals surface area contributed by atoms with Gasteiger partial charge in [0.15, 0.2) is 6.61 Å². The van der Waals surface area contributed by atoms with Crippen LogP contribution in [0.1, 0.15) is 37.3 Å². The fourth-order valence-electron chi connectivity index (χ4n) is 2.80. The van der Waals surface area contributed by atoms with Crippen LogP contribution >= 0.6 is 0 Å². The molecule has 0 aromatic heterocycles. The third-order valence-electron chi connectivity index (χ3n) is 4.04. The van der Waals surface area contributed by atoms with Gasteiger partial charge in [-0.2, -0.15) is 0 Å². The van der Waals surface area contributed by atoms with E-state index in [1.54, 1.807) is 0 Å². The second kappa shape index (κ2) is 7.09. The maximum Gasteiger partial charge on any atom is 0.260 e. The van der Waals surface area contributed by atoms with Crippen molar-refractivity contribution in [2.75, 3.05) is 19.8 Å². The number of benzene rings is 1. The highest BCUT2D eigenvalue weighted by molar-refractivity contribution is 5.78. The molecule has 5 heteroatoms. The number of amides is 1. The first-order chi connectivity index (χ1) is 10.4. The maximum atomic E-state index is 13.4. The standard InChI is InChI=1S/C17H24FNO3/c1-11(2)15-5-4-12(3)6-16(15)22-10-17(21)19-8-13(18)7-14(19)9-20/h4-6,11,13-14,20H,7-10H2,1-3H3/t13-,14-/m0/s1. The molecule has 2 rings (SSSR count). The average Bonchev–Trinajstić information content (AvgIpc) is 2.85. The summed E-state index contributed by atoms with van der Waals surface area (Å²) in [5, 5.41) is 9.24. The summed E-state index contributed by atoms with van der Waals surface area (Å²) in [6.07, 6.45) is -0.865. The first kappa shape index (κ1) is 16.7. The average molecular weight is 309 g/mol. The molecule has 1 aliphatic heterocycles. The Labute approximate surface area is 130 Å². The number of aliphatic hydroxyl groups is 1. The smallest absolute Gasteiger partial charge is 0.260 e. The zero-order valence-corrected chi connectivity index (χ0v) is 13.4. The minimum atomic E-state index is -1.06. The molecule has 1 saturated heterocycles. The highest BCUT2D eigenvalue weighted by Crippen LogP contribution is 2.28. The van der Waals surface area contributed by atoms with E-state index in [1.807, 2.05) is 25.1 Å². The van der Waals surface area contributed by atoms with Gasteiger partial charge in [0, 0.05) is 6.42 Å². The van der Waals surface area contributed by atoms with E-state index >= 15 is 0 Å². The van der Waals surface area contributed by atoms with Gasteiger partial charge in [-0.05, 0) is 30.0 Å². The molecule has 1 aliphatic rings. The fourth-order valence-corrected chi connectivity index (χ4v) is 2.80. The zero-order chi connectivity index (χ0) is 16.3. The molecular weight excluding hydrogens is 285 g/mol. The van der Waals surface area contributed by atoms with Gasteiger partial charge in [-0.1, -0.05) is 26.0 Å². The normalized spacial score (nSPS) is 21.5. The Morgan fingerprint density at radius 2 is 2.23 bits per heavy atom. The molecule has 1 heterocycles. The number of ether oxygens (including phenoxy) is 1. The molecule has 1 fully saturated rings. The second-order valence-corrected chi connectivity index (χ2v) is 6.20. The predicted octanol–water partition coefficient (Wildman–Crippen LogP) is 2.43. The molecule has 22 heavy (non-hydrogen) atoms. The van der Waals surface area contributed by atoms with E-state index in [9.17, 15) is 14.3 Å². The van der Waals surface area contributed by atoms with Gasteiger partial charge in [0.05, 0.1) is 19.2 Å². The summed E-state index contributed by atoms with van der Waals surface area (Å²) in [5.41, 5.74) is 2.10. The number of halogens is 1. The van der Waals surface area contributed by atoms with E-state index < -0.39 is 12.2 Å². The first-order valence-corrected chi connectivity index (χ1v) is 7.70. The van der Waals surface area contributed by atoms with Crippen molar-refractivity contribution >= 4 is 5.91 Å². The van der Waals surface area contributed by atoms with Gasteiger partial charge in [0.2, 0.25) is 0 Å². The Balaban J connectivity index is 2.04. The van der Waals surface area contributed by atoms with Gasteiger partial charge in [0.1, 0.15) is 11.9 Å². The summed E-state index contributed by atoms with van der Waals surface area (Å²) in [7, 11) is 0. The Hall–Kier alpha value is -1.62. The summed E-state index contributed by atoms with van der Waals surface area (Å²) in [6, 6.07) is 5.49. The molecule has 1 amide bonds. The first-order valence-electron chi connectivity index (χ1n) is 7.70. The molecule has 0 spiro atoms. The summed E-state index contributed by atoms with van der Waals surface area (Å²) in [5.74, 6) is 0.702. The van der Waals surface area contributed by atoms with Gasteiger partial charge in [-0.25, -0.2) is 4.39 Å². The van der Waals surface area contributed by atoms with Gasteiger partial charge in [-0.15, -0.1) is 0 Å². The highest BCUT2D eigenvalue weighted by atomic mass is 19.1. The number of carbonyl (C=O) groups excluding carboxylic acids is 1. The molecule has 1 aromatic carbocycles. The third kappa shape index (κ3) is 3.77. The minimum Gasteiger partial charge on any atom is -0.483 e. The van der Waals surface area contributed by atoms with E-state index in [1.165, 1.54) is 4.90 Å². The van der Waals surface area contributed by atoms with Crippen LogP contribution in [0.5, 0.6) is 5.75 Å². The number of likely N-dealkylation sites (tertiary alicyclic amines) is 1. The van der Waals surface area contributed by atoms with Crippen LogP contribution in [0.3, 0.4) is 0 Å². The van der Waals surface area contributed by atoms with Crippen molar-refractivity contribution in [2.24, 2.45) is 0 Å². The molecular formula is C17H24FNO3. The van der Waals surface area contributed by atoms with Crippen molar-refractivity contribution in [1.29, 1.82) is 0 Å². The van der Waals surface area contributed by atoms with E-state index in [-0.39, 0.29) is 38.0 Å². The predicted molar refractivity (Wildman–Crippen MR) is 82.9 cm³/mol. The van der Waals surface area contributed by atoms with Crippen LogP contribution in [0.25, 0.3) is 0 Å². The van der Waals surface area contributed by atoms with Crippen molar-refractivity contribution in [2.45, 2.75) is 45.3 Å². The van der Waals surface area contributed by atoms with Crippen molar-refractivity contribution in [3.8, 4) is 5.75 Å². The second-order valence-electron chi connectivity index (χ2n) is 6.20. The number of carbonyl (C=O) groups is 1. The molecule has 0 saturated carbocycles. The minimum absolute atomic E-state index is 0.0400. The lowest BCUT2D eigenvalue weighted by molar-refractivity contribution is -0.135. The number of aliphatic hydroxyl groups excluding tert-OH is 1. The van der Waals surface area contributed by atoms with Crippen LogP contribution in [-0.4, -0.2) is 47.9 Å². The highest BCUT2D eigenvalue weighted by Gasteiger charge is 2.34. The van der Waals surface area contributed by atoms with Crippen molar-refractivity contribution in [3.05, 3.63) is 29.3 Å². The largest absolute Gasteiger partial charge is 0.483 e. The summed E-state index contributed by atoms with van der Waals surface area (Å²) >= 11 is 0. The molecule has 4 nitrogen and oxygen atoms in total. The Bertz CT molecular complexity index is 533. The number of rotatable bonds is 5. The van der Waals surface area contributed by atoms with Crippen LogP contribution in [0, 0.1) is 6.92 Å². The van der Waals surface area contributed by atoms with Crippen molar-refractivity contribution in [1.82, 2.24) is 4.90 Å². The molecule has 1 aromatic rings. The lowest BCUT2D eigenvalue weighted by Crippen LogP contribution is -2.40. The van der Waals surface area contributed by atoms with Gasteiger partial charge < -0.3 is 14.7 Å². The molecule has 0 aliphatic carbocycles. The van der Waals surface area contributed by atoms with Crippen LogP contribution in [0.15, 0.2) is 18.2 Å². The van der Waals surface area contributed by atoms with Crippen molar-refractivity contribution in [3.63, 3.8) is 0 Å². The maximum absolute atomic E-state index is 13.4. The SMILES string of the molecule is Cc1ccc(C(C)C)c(OCC(=O)N2C[C@@H](F)C[C@H]2CO)c1. The van der Waals surface area contributed by atoms with Crippen LogP contribution < -0.4 is 4.74 Å². The Kier molecular flexibility index (Phi) is 5.40. The molecule has 0 unspecified atom stereocenters. The lowest BCUT2D eigenvalue weighted by atomic mass is 10.0. The monoisotopic (exact) mass is 309 g/mol. The summed E-state index contributed by atoms with van der Waals surface area (Å²) in [6.45, 7) is 5.79. The van der Waals surface area contributed by atoms with E-state index in [4.69, 9.17) is 4.74 Å². The van der Waals surface area contributed by atoms with Crippen molar-refractivity contribution < 1.29 is 19.0 Å². The lowest BCUT2D eigenvalue weighted by Gasteiger charge is -2.23. The Morgan fingerprint density at radius 1 is 1.50 bits per heavy atom. The van der Waals surface area contributed by atoms with E-state index in [0.717, 1.165) is 11.1 Å². The van der Waals surface area contributed by atoms with Gasteiger partial charge in [0.25, 0.3) is 5.91 Å². The third-order valence-corrected chi connectivity index (χ3v) is 4.04. The van der Waals surface area contributed by atoms with E-state index in [0.29, 0.717) is 5.75 Å². The fraction of sp³-hybridized carbons (Fsp3) is 0.588. The van der Waals surface area contributed by atoms with Gasteiger partial charge >= 0.3 is 0 Å². The van der Waals surface area contributed by atoms with Gasteiger partial charge in [-0.3, -0.25) is 4.79 Å². The summed E-state index contributed by atoms with van der Waals surface area (Å²) in [4.78, 5) is 13.6. The number of nitrogens with zero attached hydrogens (tertiary/aromatic N) is 1. The number of hydrogen-bond acceptors (Lipinski definition) is 3. The van der Waals surface area contributed by atoms with Crippen LogP contribution in [0.2, 0.25) is 0 Å². The molecule has 1 N–H and O–H groups in total. The van der Waals surface area contributed by atoms with E-state index in [2.05, 4.69) is 13.8 Å². The van der Waals surface area contributed by atoms with Crippen LogP contribution in [0.4, 0.5) is 4.39 Å². The number of hydrogen-bond donors (Lipinski definition) is 1. The summed E-state index contributed by atoms with van der Waals surface area (Å²) < 4.78 is 19.1. The number of aryl methyl sites for hydroxylation is 1. The topological polar surface area (TPSA) is 49.8 Å². The zero-order valence-electron chi connectivity index (χ0n) is 13.4. The molecule has 2 atom stereocenters. The molecule has 122 valence electrons. The Morgan fingerprint density at radius 3 is 2.86 bits per heavy atom. The number of alkyl halides is 1. The van der Waals surface area contributed by atoms with Crippen LogP contribution in [-0.2, 0) is 4.79 Å². The quantitative estimate of drug-likeness (QED) is 0.909. The molecule has 0 radical (unpaired) electrons.